The lowest BCUT2D eigenvalue weighted by Gasteiger charge is -2.15. The minimum absolute atomic E-state index is 0.323. The molecule has 6 heteroatoms. The van der Waals surface area contributed by atoms with Crippen LogP contribution >= 0.6 is 22.9 Å². The van der Waals surface area contributed by atoms with Gasteiger partial charge in [-0.1, -0.05) is 35.0 Å². The number of hydrogen-bond donors (Lipinski definition) is 0. The van der Waals surface area contributed by atoms with E-state index in [1.807, 2.05) is 29.6 Å². The summed E-state index contributed by atoms with van der Waals surface area (Å²) in [4.78, 5) is 8.05. The minimum atomic E-state index is 0.323. The topological polar surface area (TPSA) is 42.2 Å². The average molecular weight is 346 g/mol. The molecule has 0 bridgehead atoms. The summed E-state index contributed by atoms with van der Waals surface area (Å²) in [5.41, 5.74) is 1.28. The van der Waals surface area contributed by atoms with E-state index in [-0.39, 0.29) is 0 Å². The molecule has 4 nitrogen and oxygen atoms in total. The Morgan fingerprint density at radius 3 is 2.91 bits per heavy atom. The van der Waals surface area contributed by atoms with E-state index in [1.165, 1.54) is 5.56 Å². The molecule has 1 fully saturated rings. The van der Waals surface area contributed by atoms with Crippen molar-refractivity contribution in [2.45, 2.75) is 18.9 Å². The van der Waals surface area contributed by atoms with Gasteiger partial charge in [0.1, 0.15) is 0 Å². The van der Waals surface area contributed by atoms with Gasteiger partial charge in [0.05, 0.1) is 10.8 Å². The standard InChI is InChI=1S/C17H16ClN3OS/c18-14-5-3-12(4-6-14)10-21-8-7-13(11-21)17-19-16(20-22-17)15-2-1-9-23-15/h1-6,9,13H,7-8,10-11H2/t13-/m0/s1. The molecular weight excluding hydrogens is 330 g/mol. The van der Waals surface area contributed by atoms with Gasteiger partial charge in [-0.25, -0.2) is 0 Å². The van der Waals surface area contributed by atoms with Crippen LogP contribution in [0.4, 0.5) is 0 Å². The molecular formula is C17H16ClN3OS. The van der Waals surface area contributed by atoms with Gasteiger partial charge in [0, 0.05) is 18.1 Å². The number of nitrogens with zero attached hydrogens (tertiary/aromatic N) is 3. The summed E-state index contributed by atoms with van der Waals surface area (Å²) in [7, 11) is 0. The second-order valence-corrected chi connectivity index (χ2v) is 7.16. The van der Waals surface area contributed by atoms with Crippen LogP contribution in [0, 0.1) is 0 Å². The van der Waals surface area contributed by atoms with Crippen LogP contribution in [-0.4, -0.2) is 28.1 Å². The summed E-state index contributed by atoms with van der Waals surface area (Å²) in [5.74, 6) is 1.78. The molecule has 118 valence electrons. The van der Waals surface area contributed by atoms with Crippen LogP contribution in [-0.2, 0) is 6.54 Å². The van der Waals surface area contributed by atoms with Gasteiger partial charge in [-0.3, -0.25) is 4.90 Å². The summed E-state index contributed by atoms with van der Waals surface area (Å²) in [6, 6.07) is 12.1. The zero-order chi connectivity index (χ0) is 15.6. The van der Waals surface area contributed by atoms with Crippen LogP contribution < -0.4 is 0 Å². The van der Waals surface area contributed by atoms with Crippen LogP contribution in [0.15, 0.2) is 46.3 Å². The normalized spacial score (nSPS) is 18.6. The molecule has 0 spiro atoms. The van der Waals surface area contributed by atoms with E-state index in [2.05, 4.69) is 27.2 Å². The van der Waals surface area contributed by atoms with Crippen molar-refractivity contribution < 1.29 is 4.52 Å². The highest BCUT2D eigenvalue weighted by Gasteiger charge is 2.28. The Morgan fingerprint density at radius 2 is 2.13 bits per heavy atom. The fraction of sp³-hybridized carbons (Fsp3) is 0.294. The van der Waals surface area contributed by atoms with Crippen molar-refractivity contribution in [1.82, 2.24) is 15.0 Å². The Hall–Kier alpha value is -1.69. The predicted molar refractivity (Wildman–Crippen MR) is 91.7 cm³/mol. The molecule has 1 atom stereocenters. The van der Waals surface area contributed by atoms with E-state index in [0.717, 1.165) is 41.8 Å². The lowest BCUT2D eigenvalue weighted by atomic mass is 10.1. The van der Waals surface area contributed by atoms with Crippen molar-refractivity contribution >= 4 is 22.9 Å². The number of aromatic nitrogens is 2. The minimum Gasteiger partial charge on any atom is -0.339 e. The Labute approximate surface area is 143 Å². The van der Waals surface area contributed by atoms with Crippen LogP contribution in [0.25, 0.3) is 10.7 Å². The van der Waals surface area contributed by atoms with E-state index in [0.29, 0.717) is 11.7 Å². The number of thiophene rings is 1. The zero-order valence-corrected chi connectivity index (χ0v) is 14.1. The fourth-order valence-corrected chi connectivity index (χ4v) is 3.71. The number of hydrogen-bond acceptors (Lipinski definition) is 5. The monoisotopic (exact) mass is 345 g/mol. The molecule has 3 aromatic rings. The van der Waals surface area contributed by atoms with Crippen molar-refractivity contribution in [3.8, 4) is 10.7 Å². The lowest BCUT2D eigenvalue weighted by molar-refractivity contribution is 0.309. The average Bonchev–Trinajstić information content (AvgIpc) is 3.30. The highest BCUT2D eigenvalue weighted by molar-refractivity contribution is 7.13. The van der Waals surface area contributed by atoms with Crippen LogP contribution in [0.5, 0.6) is 0 Å². The highest BCUT2D eigenvalue weighted by Crippen LogP contribution is 2.29. The molecule has 0 radical (unpaired) electrons. The largest absolute Gasteiger partial charge is 0.339 e. The van der Waals surface area contributed by atoms with Crippen molar-refractivity contribution in [3.05, 3.63) is 58.3 Å². The first-order chi connectivity index (χ1) is 11.3. The second-order valence-electron chi connectivity index (χ2n) is 5.78. The number of halogens is 1. The van der Waals surface area contributed by atoms with Gasteiger partial charge < -0.3 is 4.52 Å². The quantitative estimate of drug-likeness (QED) is 0.701. The third-order valence-electron chi connectivity index (χ3n) is 4.12. The number of likely N-dealkylation sites (tertiary alicyclic amines) is 1. The van der Waals surface area contributed by atoms with Crippen LogP contribution in [0.2, 0.25) is 5.02 Å². The molecule has 1 saturated heterocycles. The third kappa shape index (κ3) is 3.32. The van der Waals surface area contributed by atoms with E-state index in [1.54, 1.807) is 11.3 Å². The number of benzene rings is 1. The van der Waals surface area contributed by atoms with Gasteiger partial charge in [-0.05, 0) is 42.1 Å². The van der Waals surface area contributed by atoms with Gasteiger partial charge in [0.2, 0.25) is 11.7 Å². The molecule has 3 heterocycles. The van der Waals surface area contributed by atoms with Crippen molar-refractivity contribution in [2.24, 2.45) is 0 Å². The van der Waals surface area contributed by atoms with Gasteiger partial charge >= 0.3 is 0 Å². The van der Waals surface area contributed by atoms with Gasteiger partial charge in [-0.15, -0.1) is 11.3 Å². The summed E-state index contributed by atoms with van der Waals surface area (Å²) >= 11 is 7.56. The molecule has 4 rings (SSSR count). The highest BCUT2D eigenvalue weighted by atomic mass is 35.5. The SMILES string of the molecule is Clc1ccc(CN2CC[C@H](c3nc(-c4cccs4)no3)C2)cc1. The van der Waals surface area contributed by atoms with Crippen LogP contribution in [0.3, 0.4) is 0 Å². The summed E-state index contributed by atoms with van der Waals surface area (Å²) in [5, 5.41) is 6.91. The Morgan fingerprint density at radius 1 is 1.26 bits per heavy atom. The predicted octanol–water partition coefficient (Wildman–Crippen LogP) is 4.44. The van der Waals surface area contributed by atoms with Gasteiger partial charge in [-0.2, -0.15) is 4.98 Å². The molecule has 23 heavy (non-hydrogen) atoms. The maximum atomic E-state index is 5.94. The fourth-order valence-electron chi connectivity index (χ4n) is 2.93. The van der Waals surface area contributed by atoms with Crippen molar-refractivity contribution in [1.29, 1.82) is 0 Å². The Balaban J connectivity index is 1.41. The molecule has 1 aromatic carbocycles. The van der Waals surface area contributed by atoms with E-state index < -0.39 is 0 Å². The molecule has 0 N–H and O–H groups in total. The molecule has 0 aliphatic carbocycles. The smallest absolute Gasteiger partial charge is 0.231 e. The summed E-state index contributed by atoms with van der Waals surface area (Å²) < 4.78 is 5.49. The van der Waals surface area contributed by atoms with Crippen molar-refractivity contribution in [3.63, 3.8) is 0 Å². The molecule has 0 saturated carbocycles. The summed E-state index contributed by atoms with van der Waals surface area (Å²) in [6.45, 7) is 2.93. The first-order valence-corrected chi connectivity index (χ1v) is 8.88. The zero-order valence-electron chi connectivity index (χ0n) is 12.5. The third-order valence-corrected chi connectivity index (χ3v) is 5.24. The maximum Gasteiger partial charge on any atom is 0.231 e. The van der Waals surface area contributed by atoms with Crippen molar-refractivity contribution in [2.75, 3.05) is 13.1 Å². The second kappa shape index (κ2) is 6.43. The first kappa shape index (κ1) is 14.9. The Kier molecular flexibility index (Phi) is 4.16. The Bertz CT molecular complexity index is 770. The van der Waals surface area contributed by atoms with E-state index in [4.69, 9.17) is 16.1 Å². The molecule has 2 aromatic heterocycles. The molecule has 1 aliphatic heterocycles. The van der Waals surface area contributed by atoms with E-state index >= 15 is 0 Å². The van der Waals surface area contributed by atoms with Crippen LogP contribution in [0.1, 0.15) is 23.8 Å². The van der Waals surface area contributed by atoms with E-state index in [9.17, 15) is 0 Å². The lowest BCUT2D eigenvalue weighted by Crippen LogP contribution is -2.19. The summed E-state index contributed by atoms with van der Waals surface area (Å²) in [6.07, 6.45) is 1.06. The first-order valence-electron chi connectivity index (χ1n) is 7.62. The molecule has 0 unspecified atom stereocenters. The molecule has 1 aliphatic rings. The van der Waals surface area contributed by atoms with Gasteiger partial charge in [0.25, 0.3) is 0 Å². The maximum absolute atomic E-state index is 5.94. The van der Waals surface area contributed by atoms with Gasteiger partial charge in [0.15, 0.2) is 0 Å². The number of rotatable bonds is 4. The molecule has 0 amide bonds.